The molecule has 2 amide bonds. The van der Waals surface area contributed by atoms with Crippen LogP contribution in [-0.4, -0.2) is 47.6 Å². The maximum absolute atomic E-state index is 11.5. The van der Waals surface area contributed by atoms with Gasteiger partial charge in [-0.05, 0) is 18.1 Å². The Kier molecular flexibility index (Phi) is 7.19. The van der Waals surface area contributed by atoms with Crippen LogP contribution in [-0.2, 0) is 16.0 Å². The molecule has 0 radical (unpaired) electrons. The number of fused-ring (bicyclic) bond motifs is 2. The fraction of sp³-hybridized carbons (Fsp3) is 0.467. The molecule has 2 N–H and O–H groups in total. The molecule has 6 nitrogen and oxygen atoms in total. The minimum atomic E-state index is -0.359. The number of phenolic OH excluding ortho intramolecular Hbond substituents is 1. The zero-order valence-electron chi connectivity index (χ0n) is 12.8. The van der Waals surface area contributed by atoms with Crippen LogP contribution in [0.25, 0.3) is 0 Å². The fourth-order valence-electron chi connectivity index (χ4n) is 2.84. The molecule has 0 aliphatic carbocycles. The monoisotopic (exact) mass is 449 g/mol. The SMILES string of the molecule is Br.Br.C1CN2CC2N1.CC(=O)N1C(=O)CCc2cccc(O)c21. The largest absolute Gasteiger partial charge is 0.506 e. The number of imide groups is 1. The topological polar surface area (TPSA) is 72.7 Å². The third-order valence-electron chi connectivity index (χ3n) is 3.99. The number of para-hydroxylation sites is 1. The quantitative estimate of drug-likeness (QED) is 0.587. The van der Waals surface area contributed by atoms with Crippen LogP contribution in [0, 0.1) is 0 Å². The lowest BCUT2D eigenvalue weighted by atomic mass is 10.0. The molecule has 128 valence electrons. The number of carbonyl (C=O) groups is 2. The van der Waals surface area contributed by atoms with Gasteiger partial charge in [0, 0.05) is 33.0 Å². The molecule has 1 aromatic rings. The molecule has 0 aromatic heterocycles. The highest BCUT2D eigenvalue weighted by molar-refractivity contribution is 8.93. The van der Waals surface area contributed by atoms with Crippen LogP contribution in [0.4, 0.5) is 5.69 Å². The molecule has 2 atom stereocenters. The molecule has 2 unspecified atom stereocenters. The molecule has 0 spiro atoms. The minimum Gasteiger partial charge on any atom is -0.506 e. The van der Waals surface area contributed by atoms with Crippen LogP contribution < -0.4 is 10.2 Å². The molecule has 8 heteroatoms. The Morgan fingerprint density at radius 3 is 2.52 bits per heavy atom. The van der Waals surface area contributed by atoms with Crippen molar-refractivity contribution in [3.05, 3.63) is 23.8 Å². The molecule has 3 heterocycles. The smallest absolute Gasteiger partial charge is 0.234 e. The first-order chi connectivity index (χ1) is 10.1. The Morgan fingerprint density at radius 2 is 2.04 bits per heavy atom. The minimum absolute atomic E-state index is 0. The predicted octanol–water partition coefficient (Wildman–Crippen LogP) is 1.60. The fourth-order valence-corrected chi connectivity index (χ4v) is 2.84. The van der Waals surface area contributed by atoms with Crippen LogP contribution in [0.15, 0.2) is 18.2 Å². The number of halogens is 2. The Labute approximate surface area is 156 Å². The highest BCUT2D eigenvalue weighted by atomic mass is 79.9. The van der Waals surface area contributed by atoms with Gasteiger partial charge in [-0.2, -0.15) is 0 Å². The lowest BCUT2D eigenvalue weighted by Crippen LogP contribution is -2.38. The number of hydrogen-bond acceptors (Lipinski definition) is 5. The summed E-state index contributed by atoms with van der Waals surface area (Å²) in [5, 5.41) is 13.0. The summed E-state index contributed by atoms with van der Waals surface area (Å²) in [6.45, 7) is 5.12. The first-order valence-corrected chi connectivity index (χ1v) is 7.19. The number of nitrogens with zero attached hydrogens (tertiary/aromatic N) is 2. The van der Waals surface area contributed by atoms with Gasteiger partial charge in [0.1, 0.15) is 5.75 Å². The lowest BCUT2D eigenvalue weighted by Gasteiger charge is -2.27. The molecular formula is C15H21Br2N3O3. The van der Waals surface area contributed by atoms with Crippen molar-refractivity contribution in [2.24, 2.45) is 0 Å². The van der Waals surface area contributed by atoms with E-state index in [1.807, 2.05) is 6.07 Å². The average molecular weight is 451 g/mol. The van der Waals surface area contributed by atoms with Gasteiger partial charge in [-0.15, -0.1) is 34.0 Å². The van der Waals surface area contributed by atoms with Gasteiger partial charge in [-0.25, -0.2) is 4.90 Å². The Balaban J connectivity index is 0.000000277. The van der Waals surface area contributed by atoms with E-state index >= 15 is 0 Å². The van der Waals surface area contributed by atoms with Crippen molar-refractivity contribution in [3.63, 3.8) is 0 Å². The first kappa shape index (κ1) is 20.1. The second-order valence-corrected chi connectivity index (χ2v) is 5.50. The predicted molar refractivity (Wildman–Crippen MR) is 98.6 cm³/mol. The molecule has 1 aromatic carbocycles. The number of benzene rings is 1. The summed E-state index contributed by atoms with van der Waals surface area (Å²) in [6.07, 6.45) is 1.69. The standard InChI is InChI=1S/C11H11NO3.C4H8N2.2BrH/c1-7(13)12-10(15)6-5-8-3-2-4-9(14)11(8)12;1-2-6-3-4(6)5-1;;/h2-4,14H,5-6H2,1H3;4-5H,1-3H2;2*1H. The van der Waals surface area contributed by atoms with E-state index in [9.17, 15) is 14.7 Å². The number of phenols is 1. The molecule has 0 saturated carbocycles. The summed E-state index contributed by atoms with van der Waals surface area (Å²) >= 11 is 0. The second-order valence-electron chi connectivity index (χ2n) is 5.50. The van der Waals surface area contributed by atoms with Crippen molar-refractivity contribution >= 4 is 51.5 Å². The van der Waals surface area contributed by atoms with Gasteiger partial charge < -0.3 is 5.11 Å². The van der Waals surface area contributed by atoms with Crippen LogP contribution in [0.2, 0.25) is 0 Å². The number of hydrogen-bond donors (Lipinski definition) is 2. The van der Waals surface area contributed by atoms with E-state index < -0.39 is 0 Å². The number of piperazine rings is 1. The summed E-state index contributed by atoms with van der Waals surface area (Å²) in [5.41, 5.74) is 1.19. The van der Waals surface area contributed by atoms with Crippen molar-refractivity contribution in [1.82, 2.24) is 10.2 Å². The molecule has 2 fully saturated rings. The molecule has 3 aliphatic rings. The van der Waals surface area contributed by atoms with Crippen molar-refractivity contribution in [2.75, 3.05) is 24.5 Å². The molecular weight excluding hydrogens is 430 g/mol. The molecule has 4 rings (SSSR count). The van der Waals surface area contributed by atoms with E-state index in [2.05, 4.69) is 10.2 Å². The van der Waals surface area contributed by atoms with Crippen molar-refractivity contribution in [3.8, 4) is 5.75 Å². The normalized spacial score (nSPS) is 23.3. The first-order valence-electron chi connectivity index (χ1n) is 7.19. The number of nitrogens with one attached hydrogen (secondary N) is 1. The Hall–Kier alpha value is -0.960. The van der Waals surface area contributed by atoms with E-state index in [-0.39, 0.29) is 51.5 Å². The number of amides is 2. The summed E-state index contributed by atoms with van der Waals surface area (Å²) in [7, 11) is 0. The molecule has 3 aliphatic heterocycles. The van der Waals surface area contributed by atoms with Crippen LogP contribution in [0.5, 0.6) is 5.75 Å². The summed E-state index contributed by atoms with van der Waals surface area (Å²) in [5.74, 6) is -0.630. The molecule has 23 heavy (non-hydrogen) atoms. The number of carbonyl (C=O) groups excluding carboxylic acids is 2. The number of anilines is 1. The zero-order valence-corrected chi connectivity index (χ0v) is 16.2. The Morgan fingerprint density at radius 1 is 1.30 bits per heavy atom. The van der Waals surface area contributed by atoms with Crippen LogP contribution in [0.3, 0.4) is 0 Å². The van der Waals surface area contributed by atoms with E-state index in [4.69, 9.17) is 0 Å². The van der Waals surface area contributed by atoms with E-state index in [0.717, 1.165) is 16.6 Å². The summed E-state index contributed by atoms with van der Waals surface area (Å²) in [4.78, 5) is 26.3. The third-order valence-corrected chi connectivity index (χ3v) is 3.99. The van der Waals surface area contributed by atoms with Crippen LogP contribution in [0.1, 0.15) is 18.9 Å². The van der Waals surface area contributed by atoms with Crippen LogP contribution >= 0.6 is 34.0 Å². The second kappa shape index (κ2) is 8.23. The number of aromatic hydroxyl groups is 1. The van der Waals surface area contributed by atoms with Crippen molar-refractivity contribution in [1.29, 1.82) is 0 Å². The average Bonchev–Trinajstić information content (AvgIpc) is 3.06. The maximum Gasteiger partial charge on any atom is 0.234 e. The van der Waals surface area contributed by atoms with Gasteiger partial charge in [-0.3, -0.25) is 19.8 Å². The van der Waals surface area contributed by atoms with Gasteiger partial charge in [0.2, 0.25) is 11.8 Å². The van der Waals surface area contributed by atoms with E-state index in [1.54, 1.807) is 6.07 Å². The third kappa shape index (κ3) is 4.32. The summed E-state index contributed by atoms with van der Waals surface area (Å²) in [6, 6.07) is 5.01. The number of aryl methyl sites for hydroxylation is 1. The van der Waals surface area contributed by atoms with E-state index in [1.165, 1.54) is 32.6 Å². The summed E-state index contributed by atoms with van der Waals surface area (Å²) < 4.78 is 0. The highest BCUT2D eigenvalue weighted by Crippen LogP contribution is 2.35. The van der Waals surface area contributed by atoms with E-state index in [0.29, 0.717) is 18.5 Å². The molecule has 2 saturated heterocycles. The zero-order chi connectivity index (χ0) is 15.0. The molecule has 0 bridgehead atoms. The Bertz CT molecular complexity index is 589. The van der Waals surface area contributed by atoms with Gasteiger partial charge in [0.05, 0.1) is 11.9 Å². The van der Waals surface area contributed by atoms with Gasteiger partial charge >= 0.3 is 0 Å². The van der Waals surface area contributed by atoms with Crippen molar-refractivity contribution < 1.29 is 14.7 Å². The lowest BCUT2D eigenvalue weighted by molar-refractivity contribution is -0.125. The van der Waals surface area contributed by atoms with Crippen molar-refractivity contribution in [2.45, 2.75) is 25.9 Å². The maximum atomic E-state index is 11.5. The van der Waals surface area contributed by atoms with Gasteiger partial charge in [0.15, 0.2) is 0 Å². The number of rotatable bonds is 0. The van der Waals surface area contributed by atoms with Gasteiger partial charge in [0.25, 0.3) is 0 Å². The highest BCUT2D eigenvalue weighted by Gasteiger charge is 2.37. The van der Waals surface area contributed by atoms with Gasteiger partial charge in [-0.1, -0.05) is 12.1 Å².